The Morgan fingerprint density at radius 2 is 0.516 bits per heavy atom. The third-order valence-corrected chi connectivity index (χ3v) is 7.59. The number of halogens is 1. The summed E-state index contributed by atoms with van der Waals surface area (Å²) in [5.41, 5.74) is 5.30. The first-order chi connectivity index (χ1) is 31.4. The average molecular weight is 1000 g/mol. The summed E-state index contributed by atoms with van der Waals surface area (Å²) in [4.78, 5) is 31.5. The molecule has 0 saturated carbocycles. The van der Waals surface area contributed by atoms with Gasteiger partial charge in [0.2, 0.25) is 5.91 Å². The molecule has 24 heteroatoms. The van der Waals surface area contributed by atoms with Crippen LogP contribution in [-0.2, 0) is 90.2 Å². The van der Waals surface area contributed by atoms with Gasteiger partial charge in [-0.3, -0.25) is 14.4 Å². The number of carboxylic acids is 2. The van der Waals surface area contributed by atoms with Crippen LogP contribution in [0.5, 0.6) is 0 Å². The largest absolute Gasteiger partial charge is 0.481 e. The molecule has 0 heterocycles. The topological polar surface area (TPSA) is 277 Å². The summed E-state index contributed by atoms with van der Waals surface area (Å²) in [6.45, 7) is 15.8. The quantitative estimate of drug-likeness (QED) is 0.0448. The summed E-state index contributed by atoms with van der Waals surface area (Å²) in [7, 11) is 0. The number of nitrogens with two attached hydrogens (primary N) is 1. The van der Waals surface area contributed by atoms with Crippen LogP contribution in [0.3, 0.4) is 0 Å². The van der Waals surface area contributed by atoms with E-state index in [1.54, 1.807) is 0 Å². The van der Waals surface area contributed by atoms with Crippen molar-refractivity contribution in [3.63, 3.8) is 0 Å². The second-order valence-corrected chi connectivity index (χ2v) is 12.9. The van der Waals surface area contributed by atoms with Crippen LogP contribution in [0, 0.1) is 0 Å². The molecule has 0 aromatic heterocycles. The summed E-state index contributed by atoms with van der Waals surface area (Å²) in [6.07, 6.45) is 0.00265. The molecule has 0 saturated heterocycles. The maximum atomic E-state index is 11.0. The second-order valence-electron chi connectivity index (χ2n) is 12.4. The molecule has 23 nitrogen and oxygen atoms in total. The van der Waals surface area contributed by atoms with Crippen molar-refractivity contribution >= 4 is 33.8 Å². The molecule has 0 aliphatic heterocycles. The fourth-order valence-corrected chi connectivity index (χ4v) is 4.19. The van der Waals surface area contributed by atoms with Gasteiger partial charge in [-0.1, -0.05) is 15.9 Å². The van der Waals surface area contributed by atoms with Gasteiger partial charge in [0.15, 0.2) is 0 Å². The minimum Gasteiger partial charge on any atom is -0.481 e. The number of amides is 1. The van der Waals surface area contributed by atoms with Crippen molar-refractivity contribution in [2.24, 2.45) is 5.73 Å². The van der Waals surface area contributed by atoms with Gasteiger partial charge in [0, 0.05) is 13.1 Å². The van der Waals surface area contributed by atoms with Crippen molar-refractivity contribution in [1.29, 1.82) is 0 Å². The molecule has 0 aliphatic carbocycles. The number of carbonyl (C=O) groups is 3. The standard InChI is InChI=1S/C21H40BrNO11.C19H39NO10/c22-19-20(24)23-2-4-28-6-8-30-10-12-32-14-16-34-18-17-33-15-13-31-11-9-29-7-5-27-3-1-21(25)26;20-2-4-24-6-8-26-10-12-28-14-16-30-18-17-29-15-13-27-11-9-25-7-5-23-3-1-19(21)22/h1-19H2,(H,23,24)(H,25,26);1-18,20H2,(H,21,22). The Morgan fingerprint density at radius 3 is 0.703 bits per heavy atom. The maximum Gasteiger partial charge on any atom is 0.305 e. The molecule has 0 aliphatic rings. The highest BCUT2D eigenvalue weighted by atomic mass is 79.9. The fourth-order valence-electron chi connectivity index (χ4n) is 4.00. The number of aliphatic carboxylic acids is 2. The molecule has 382 valence electrons. The number of hydrogen-bond donors (Lipinski definition) is 4. The molecule has 0 aromatic rings. The zero-order valence-corrected chi connectivity index (χ0v) is 39.4. The number of rotatable bonds is 54. The first-order valence-electron chi connectivity index (χ1n) is 21.6. The van der Waals surface area contributed by atoms with Gasteiger partial charge in [-0.05, 0) is 0 Å². The van der Waals surface area contributed by atoms with Crippen molar-refractivity contribution in [3.05, 3.63) is 0 Å². The number of ether oxygens (including phenoxy) is 16. The Bertz CT molecular complexity index is 953. The van der Waals surface area contributed by atoms with Crippen LogP contribution < -0.4 is 11.1 Å². The van der Waals surface area contributed by atoms with E-state index >= 15 is 0 Å². The predicted molar refractivity (Wildman–Crippen MR) is 233 cm³/mol. The zero-order valence-electron chi connectivity index (χ0n) is 37.8. The number of carbonyl (C=O) groups excluding carboxylic acids is 1. The smallest absolute Gasteiger partial charge is 0.305 e. The summed E-state index contributed by atoms with van der Waals surface area (Å²) in [6, 6.07) is 0. The summed E-state index contributed by atoms with van der Waals surface area (Å²) in [5.74, 6) is -1.81. The minimum atomic E-state index is -0.875. The van der Waals surface area contributed by atoms with Gasteiger partial charge >= 0.3 is 11.9 Å². The van der Waals surface area contributed by atoms with E-state index in [0.29, 0.717) is 217 Å². The van der Waals surface area contributed by atoms with E-state index in [9.17, 15) is 14.4 Å². The van der Waals surface area contributed by atoms with Gasteiger partial charge in [-0.15, -0.1) is 0 Å². The van der Waals surface area contributed by atoms with Crippen molar-refractivity contribution < 1.29 is 100 Å². The van der Waals surface area contributed by atoms with Crippen molar-refractivity contribution in [2.75, 3.05) is 230 Å². The third kappa shape index (κ3) is 64.5. The Hall–Kier alpha value is -1.79. The van der Waals surface area contributed by atoms with Crippen molar-refractivity contribution in [1.82, 2.24) is 5.32 Å². The van der Waals surface area contributed by atoms with Crippen molar-refractivity contribution in [2.45, 2.75) is 12.8 Å². The Labute approximate surface area is 387 Å². The van der Waals surface area contributed by atoms with Crippen molar-refractivity contribution in [3.8, 4) is 0 Å². The van der Waals surface area contributed by atoms with Gasteiger partial charge in [-0.2, -0.15) is 0 Å². The number of alkyl halides is 1. The highest BCUT2D eigenvalue weighted by Gasteiger charge is 2.00. The van der Waals surface area contributed by atoms with Crippen LogP contribution >= 0.6 is 15.9 Å². The predicted octanol–water partition coefficient (Wildman–Crippen LogP) is -0.342. The summed E-state index contributed by atoms with van der Waals surface area (Å²) >= 11 is 3.07. The normalized spacial score (nSPS) is 11.2. The van der Waals surface area contributed by atoms with Gasteiger partial charge < -0.3 is 97.1 Å². The Balaban J connectivity index is 0. The van der Waals surface area contributed by atoms with E-state index in [4.69, 9.17) is 91.7 Å². The third-order valence-electron chi connectivity index (χ3n) is 7.08. The lowest BCUT2D eigenvalue weighted by molar-refractivity contribution is -0.139. The van der Waals surface area contributed by atoms with Crippen LogP contribution in [-0.4, -0.2) is 258 Å². The molecule has 0 fully saturated rings. The molecule has 0 spiro atoms. The van der Waals surface area contributed by atoms with Gasteiger partial charge in [-0.25, -0.2) is 0 Å². The van der Waals surface area contributed by atoms with Gasteiger partial charge in [0.1, 0.15) is 0 Å². The zero-order chi connectivity index (χ0) is 46.9. The fraction of sp³-hybridized carbons (Fsp3) is 0.925. The molecule has 0 radical (unpaired) electrons. The summed E-state index contributed by atoms with van der Waals surface area (Å²) in [5, 5.41) is 19.9. The van der Waals surface area contributed by atoms with Crippen LogP contribution in [0.1, 0.15) is 12.8 Å². The Kier molecular flexibility index (Phi) is 59.5. The van der Waals surface area contributed by atoms with Crippen LogP contribution in [0.2, 0.25) is 0 Å². The molecule has 0 aromatic carbocycles. The number of carboxylic acid groups (broad SMARTS) is 2. The average Bonchev–Trinajstić information content (AvgIpc) is 3.28. The SMILES string of the molecule is NCCOCCOCCOCCOCCOCCOCCOCCOCCC(=O)O.O=C(O)CCOCCOCCOCCOCCOCCOCCOCCOCCNC(=O)CBr. The van der Waals surface area contributed by atoms with E-state index in [2.05, 4.69) is 21.2 Å². The molecule has 0 atom stereocenters. The van der Waals surface area contributed by atoms with E-state index in [0.717, 1.165) is 0 Å². The number of nitrogens with one attached hydrogen (secondary N) is 1. The lowest BCUT2D eigenvalue weighted by Gasteiger charge is -2.08. The van der Waals surface area contributed by atoms with Gasteiger partial charge in [0.25, 0.3) is 0 Å². The van der Waals surface area contributed by atoms with Crippen LogP contribution in [0.15, 0.2) is 0 Å². The van der Waals surface area contributed by atoms with Gasteiger partial charge in [0.05, 0.1) is 230 Å². The first kappa shape index (κ1) is 64.3. The molecule has 64 heavy (non-hydrogen) atoms. The molecule has 0 rings (SSSR count). The maximum absolute atomic E-state index is 11.0. The second kappa shape index (κ2) is 59.2. The minimum absolute atomic E-state index is 0.00172. The lowest BCUT2D eigenvalue weighted by Crippen LogP contribution is -2.28. The highest BCUT2D eigenvalue weighted by Crippen LogP contribution is 1.89. The van der Waals surface area contributed by atoms with E-state index in [-0.39, 0.29) is 32.0 Å². The highest BCUT2D eigenvalue weighted by molar-refractivity contribution is 9.09. The molecule has 1 amide bonds. The number of hydrogen-bond acceptors (Lipinski definition) is 20. The van der Waals surface area contributed by atoms with E-state index in [1.165, 1.54) is 0 Å². The lowest BCUT2D eigenvalue weighted by atomic mass is 10.5. The van der Waals surface area contributed by atoms with Crippen LogP contribution in [0.4, 0.5) is 0 Å². The monoisotopic (exact) mass is 1000 g/mol. The molecular formula is C40H79BrN2O21. The first-order valence-corrected chi connectivity index (χ1v) is 22.8. The molecule has 0 bridgehead atoms. The van der Waals surface area contributed by atoms with E-state index in [1.807, 2.05) is 0 Å². The molecule has 0 unspecified atom stereocenters. The van der Waals surface area contributed by atoms with Crippen LogP contribution in [0.25, 0.3) is 0 Å². The molecule has 5 N–H and O–H groups in total. The molecular weight excluding hydrogens is 924 g/mol. The summed E-state index contributed by atoms with van der Waals surface area (Å²) < 4.78 is 85.0. The Morgan fingerprint density at radius 1 is 0.328 bits per heavy atom. The van der Waals surface area contributed by atoms with E-state index < -0.39 is 11.9 Å².